The molecule has 2 aliphatic heterocycles. The van der Waals surface area contributed by atoms with Gasteiger partial charge in [-0.25, -0.2) is 0 Å². The highest BCUT2D eigenvalue weighted by Gasteiger charge is 2.10. The largest absolute Gasteiger partial charge is 0.461 e. The molecule has 10 heavy (non-hydrogen) atoms. The fourth-order valence-corrected chi connectivity index (χ4v) is 0.942. The van der Waals surface area contributed by atoms with Gasteiger partial charge in [-0.05, 0) is 12.2 Å². The topological polar surface area (TPSA) is 33.3 Å². The van der Waals surface area contributed by atoms with Gasteiger partial charge in [0.05, 0.1) is 18.6 Å². The van der Waals surface area contributed by atoms with Crippen LogP contribution in [-0.2, 0) is 4.74 Å². The Bertz CT molecular complexity index is 228. The summed E-state index contributed by atoms with van der Waals surface area (Å²) in [5.41, 5.74) is 1.04. The zero-order valence-corrected chi connectivity index (χ0v) is 5.42. The van der Waals surface area contributed by atoms with Crippen molar-refractivity contribution in [3.8, 4) is 0 Å². The normalized spacial score (nSPS) is 20.8. The predicted molar refractivity (Wildman–Crippen MR) is 37.5 cm³/mol. The van der Waals surface area contributed by atoms with Gasteiger partial charge in [-0.2, -0.15) is 0 Å². The lowest BCUT2D eigenvalue weighted by atomic mass is 10.3. The average molecular weight is 136 g/mol. The smallest absolute Gasteiger partial charge is 0.165 e. The van der Waals surface area contributed by atoms with Gasteiger partial charge in [0.15, 0.2) is 5.76 Å². The van der Waals surface area contributed by atoms with Crippen molar-refractivity contribution in [1.29, 1.82) is 0 Å². The number of allylic oxidation sites excluding steroid dienone is 2. The molecule has 2 aliphatic rings. The van der Waals surface area contributed by atoms with Crippen LogP contribution in [0.5, 0.6) is 0 Å². The second-order valence-corrected chi connectivity index (χ2v) is 2.09. The zero-order chi connectivity index (χ0) is 6.81. The second-order valence-electron chi connectivity index (χ2n) is 2.09. The highest BCUT2D eigenvalue weighted by Crippen LogP contribution is 2.14. The van der Waals surface area contributed by atoms with Gasteiger partial charge in [-0.3, -0.25) is 0 Å². The predicted octanol–water partition coefficient (Wildman–Crippen LogP) is 0.406. The Balaban J connectivity index is 2.32. The summed E-state index contributed by atoms with van der Waals surface area (Å²) in [4.78, 5) is 0. The Kier molecular flexibility index (Phi) is 1.13. The van der Waals surface area contributed by atoms with E-state index in [0.717, 1.165) is 18.1 Å². The molecule has 0 fully saturated rings. The Morgan fingerprint density at radius 2 is 2.50 bits per heavy atom. The van der Waals surface area contributed by atoms with Crippen LogP contribution >= 0.6 is 0 Å². The molecule has 0 atom stereocenters. The minimum atomic E-state index is 0.770. The van der Waals surface area contributed by atoms with E-state index in [1.807, 2.05) is 18.4 Å². The van der Waals surface area contributed by atoms with Crippen LogP contribution in [0.4, 0.5) is 0 Å². The van der Waals surface area contributed by atoms with Gasteiger partial charge < -0.3 is 15.4 Å². The molecule has 0 unspecified atom stereocenters. The van der Waals surface area contributed by atoms with Crippen LogP contribution in [0.25, 0.3) is 0 Å². The third-order valence-electron chi connectivity index (χ3n) is 1.42. The minimum absolute atomic E-state index is 0.770. The summed E-state index contributed by atoms with van der Waals surface area (Å²) in [6, 6.07) is 0. The summed E-state index contributed by atoms with van der Waals surface area (Å²) in [7, 11) is 0. The number of hydrogen-bond acceptors (Lipinski definition) is 3. The van der Waals surface area contributed by atoms with Crippen molar-refractivity contribution in [2.45, 2.75) is 0 Å². The zero-order valence-electron chi connectivity index (χ0n) is 5.42. The van der Waals surface area contributed by atoms with Gasteiger partial charge in [-0.15, -0.1) is 0 Å². The van der Waals surface area contributed by atoms with Gasteiger partial charge in [0, 0.05) is 6.20 Å². The van der Waals surface area contributed by atoms with Crippen molar-refractivity contribution in [3.05, 3.63) is 36.1 Å². The third kappa shape index (κ3) is 0.757. The molecule has 2 rings (SSSR count). The lowest BCUT2D eigenvalue weighted by Gasteiger charge is -2.20. The van der Waals surface area contributed by atoms with Crippen molar-refractivity contribution in [3.63, 3.8) is 0 Å². The quantitative estimate of drug-likeness (QED) is 0.506. The molecule has 2 N–H and O–H groups in total. The van der Waals surface area contributed by atoms with Crippen LogP contribution in [0.2, 0.25) is 0 Å². The Morgan fingerprint density at radius 3 is 3.40 bits per heavy atom. The van der Waals surface area contributed by atoms with Crippen LogP contribution in [0.1, 0.15) is 0 Å². The summed E-state index contributed by atoms with van der Waals surface area (Å²) in [6.45, 7) is 0.770. The maximum Gasteiger partial charge on any atom is 0.165 e. The molecule has 0 aliphatic carbocycles. The standard InChI is InChI=1S/C7H8N2O/c1-2-6-7(10-3-1)4-8-5-9-6/h1-4,8-9H,5H2. The first kappa shape index (κ1) is 5.41. The molecule has 0 saturated carbocycles. The van der Waals surface area contributed by atoms with E-state index in [1.54, 1.807) is 6.26 Å². The summed E-state index contributed by atoms with van der Waals surface area (Å²) >= 11 is 0. The maximum atomic E-state index is 5.17. The first-order valence-electron chi connectivity index (χ1n) is 3.18. The molecule has 0 radical (unpaired) electrons. The van der Waals surface area contributed by atoms with E-state index >= 15 is 0 Å². The SMILES string of the molecule is C1=COC2=CNCNC2=C1. The number of ether oxygens (including phenoxy) is 1. The number of nitrogens with one attached hydrogen (secondary N) is 2. The van der Waals surface area contributed by atoms with E-state index in [0.29, 0.717) is 0 Å². The van der Waals surface area contributed by atoms with Crippen molar-refractivity contribution >= 4 is 0 Å². The molecular formula is C7H8N2O. The first-order chi connectivity index (χ1) is 4.97. The summed E-state index contributed by atoms with van der Waals surface area (Å²) in [5.74, 6) is 0.855. The Morgan fingerprint density at radius 1 is 1.50 bits per heavy atom. The molecule has 0 saturated heterocycles. The molecule has 0 spiro atoms. The fourth-order valence-electron chi connectivity index (χ4n) is 0.942. The molecular weight excluding hydrogens is 128 g/mol. The summed E-state index contributed by atoms with van der Waals surface area (Å²) < 4.78 is 5.17. The van der Waals surface area contributed by atoms with Gasteiger partial charge in [0.25, 0.3) is 0 Å². The fraction of sp³-hybridized carbons (Fsp3) is 0.143. The van der Waals surface area contributed by atoms with Crippen LogP contribution in [0.3, 0.4) is 0 Å². The number of hydrogen-bond donors (Lipinski definition) is 2. The van der Waals surface area contributed by atoms with Crippen LogP contribution in [0.15, 0.2) is 36.1 Å². The Labute approximate surface area is 59.1 Å². The third-order valence-corrected chi connectivity index (χ3v) is 1.42. The van der Waals surface area contributed by atoms with Crippen molar-refractivity contribution in [2.24, 2.45) is 0 Å². The lowest BCUT2D eigenvalue weighted by Crippen LogP contribution is -2.31. The maximum absolute atomic E-state index is 5.17. The highest BCUT2D eigenvalue weighted by atomic mass is 16.5. The lowest BCUT2D eigenvalue weighted by molar-refractivity contribution is 0.338. The molecule has 3 heteroatoms. The van der Waals surface area contributed by atoms with Crippen LogP contribution < -0.4 is 10.6 Å². The average Bonchev–Trinajstić information content (AvgIpc) is 2.05. The number of fused-ring (bicyclic) bond motifs is 1. The molecule has 3 nitrogen and oxygen atoms in total. The second kappa shape index (κ2) is 2.10. The van der Waals surface area contributed by atoms with Gasteiger partial charge in [-0.1, -0.05) is 0 Å². The monoisotopic (exact) mass is 136 g/mol. The molecule has 0 aromatic carbocycles. The van der Waals surface area contributed by atoms with E-state index in [4.69, 9.17) is 4.74 Å². The Hall–Kier alpha value is -1.38. The van der Waals surface area contributed by atoms with Crippen LogP contribution in [0, 0.1) is 0 Å². The molecule has 0 bridgehead atoms. The summed E-state index contributed by atoms with van der Waals surface area (Å²) in [6.07, 6.45) is 7.36. The van der Waals surface area contributed by atoms with E-state index in [9.17, 15) is 0 Å². The molecule has 0 aromatic rings. The molecule has 0 amide bonds. The van der Waals surface area contributed by atoms with E-state index < -0.39 is 0 Å². The van der Waals surface area contributed by atoms with Gasteiger partial charge in [0.1, 0.15) is 0 Å². The first-order valence-corrected chi connectivity index (χ1v) is 3.18. The van der Waals surface area contributed by atoms with Crippen molar-refractivity contribution in [2.75, 3.05) is 6.67 Å². The molecule has 52 valence electrons. The molecule has 0 aromatic heterocycles. The minimum Gasteiger partial charge on any atom is -0.461 e. The van der Waals surface area contributed by atoms with Gasteiger partial charge >= 0.3 is 0 Å². The van der Waals surface area contributed by atoms with E-state index in [1.165, 1.54) is 0 Å². The van der Waals surface area contributed by atoms with Gasteiger partial charge in [0.2, 0.25) is 0 Å². The van der Waals surface area contributed by atoms with E-state index in [-0.39, 0.29) is 0 Å². The van der Waals surface area contributed by atoms with Crippen molar-refractivity contribution < 1.29 is 4.74 Å². The molecule has 2 heterocycles. The number of rotatable bonds is 0. The summed E-state index contributed by atoms with van der Waals surface area (Å²) in [5, 5.41) is 6.14. The van der Waals surface area contributed by atoms with Crippen molar-refractivity contribution in [1.82, 2.24) is 10.6 Å². The van der Waals surface area contributed by atoms with E-state index in [2.05, 4.69) is 10.6 Å². The highest BCUT2D eigenvalue weighted by molar-refractivity contribution is 5.32. The van der Waals surface area contributed by atoms with Crippen LogP contribution in [-0.4, -0.2) is 6.67 Å².